The molecule has 22 heavy (non-hydrogen) atoms. The lowest BCUT2D eigenvalue weighted by Gasteiger charge is -2.10. The van der Waals surface area contributed by atoms with E-state index in [0.717, 1.165) is 17.7 Å². The van der Waals surface area contributed by atoms with E-state index in [9.17, 15) is 14.7 Å². The van der Waals surface area contributed by atoms with Gasteiger partial charge in [-0.15, -0.1) is 0 Å². The van der Waals surface area contributed by atoms with Gasteiger partial charge in [0.2, 0.25) is 5.91 Å². The number of anilines is 1. The van der Waals surface area contributed by atoms with Crippen molar-refractivity contribution in [2.24, 2.45) is 0 Å². The topological polar surface area (TPSA) is 78.4 Å². The number of aryl methyl sites for hydroxylation is 1. The molecular weight excluding hydrogens is 280 g/mol. The second-order valence-corrected chi connectivity index (χ2v) is 4.76. The van der Waals surface area contributed by atoms with Gasteiger partial charge >= 0.3 is 0 Å². The predicted octanol–water partition coefficient (Wildman–Crippen LogP) is 2.32. The third-order valence-electron chi connectivity index (χ3n) is 3.23. The molecule has 0 aliphatic carbocycles. The number of para-hydroxylation sites is 2. The number of hydrogen-bond donors (Lipinski definition) is 3. The summed E-state index contributed by atoms with van der Waals surface area (Å²) in [5.74, 6) is -0.918. The van der Waals surface area contributed by atoms with Gasteiger partial charge in [0.25, 0.3) is 5.91 Å². The fourth-order valence-corrected chi connectivity index (χ4v) is 2.07. The van der Waals surface area contributed by atoms with E-state index in [1.165, 1.54) is 12.1 Å². The van der Waals surface area contributed by atoms with E-state index >= 15 is 0 Å². The Labute approximate surface area is 129 Å². The molecule has 0 unspecified atom stereocenters. The highest BCUT2D eigenvalue weighted by Crippen LogP contribution is 2.16. The standard InChI is InChI=1S/C17H18N2O3/c1-2-12-7-3-5-9-14(12)19-16(21)11-18-17(22)13-8-4-6-10-15(13)20/h3-10,20H,2,11H2,1H3,(H,18,22)(H,19,21). The molecule has 0 bridgehead atoms. The molecule has 2 rings (SSSR count). The van der Waals surface area contributed by atoms with Crippen LogP contribution in [0.5, 0.6) is 5.75 Å². The Bertz CT molecular complexity index is 683. The average molecular weight is 298 g/mol. The monoisotopic (exact) mass is 298 g/mol. The Morgan fingerprint density at radius 1 is 1.05 bits per heavy atom. The second kappa shape index (κ2) is 7.26. The minimum atomic E-state index is -0.489. The fraction of sp³-hybridized carbons (Fsp3) is 0.176. The summed E-state index contributed by atoms with van der Waals surface area (Å²) in [6.45, 7) is 1.84. The van der Waals surface area contributed by atoms with Gasteiger partial charge in [0.15, 0.2) is 0 Å². The van der Waals surface area contributed by atoms with E-state index in [1.807, 2.05) is 31.2 Å². The lowest BCUT2D eigenvalue weighted by molar-refractivity contribution is -0.115. The molecular formula is C17H18N2O3. The molecule has 0 heterocycles. The van der Waals surface area contributed by atoms with Crippen LogP contribution in [-0.2, 0) is 11.2 Å². The van der Waals surface area contributed by atoms with Crippen LogP contribution in [0.4, 0.5) is 5.69 Å². The zero-order valence-electron chi connectivity index (χ0n) is 12.3. The summed E-state index contributed by atoms with van der Waals surface area (Å²) < 4.78 is 0. The van der Waals surface area contributed by atoms with Crippen molar-refractivity contribution in [3.8, 4) is 5.75 Å². The summed E-state index contributed by atoms with van der Waals surface area (Å²) in [6, 6.07) is 13.7. The van der Waals surface area contributed by atoms with Crippen molar-refractivity contribution in [3.63, 3.8) is 0 Å². The highest BCUT2D eigenvalue weighted by molar-refractivity contribution is 6.00. The number of phenols is 1. The van der Waals surface area contributed by atoms with Crippen LogP contribution in [0.25, 0.3) is 0 Å². The van der Waals surface area contributed by atoms with Crippen molar-refractivity contribution in [1.82, 2.24) is 5.32 Å². The van der Waals surface area contributed by atoms with Crippen molar-refractivity contribution in [3.05, 3.63) is 59.7 Å². The van der Waals surface area contributed by atoms with Gasteiger partial charge in [-0.1, -0.05) is 37.3 Å². The lowest BCUT2D eigenvalue weighted by atomic mass is 10.1. The minimum Gasteiger partial charge on any atom is -0.507 e. The van der Waals surface area contributed by atoms with Gasteiger partial charge in [0.1, 0.15) is 5.75 Å². The molecule has 3 N–H and O–H groups in total. The summed E-state index contributed by atoms with van der Waals surface area (Å²) in [4.78, 5) is 23.8. The van der Waals surface area contributed by atoms with Crippen LogP contribution in [0.15, 0.2) is 48.5 Å². The third-order valence-corrected chi connectivity index (χ3v) is 3.23. The third kappa shape index (κ3) is 3.85. The highest BCUT2D eigenvalue weighted by Gasteiger charge is 2.12. The van der Waals surface area contributed by atoms with E-state index in [4.69, 9.17) is 0 Å². The smallest absolute Gasteiger partial charge is 0.255 e. The summed E-state index contributed by atoms with van der Waals surface area (Å²) in [5.41, 5.74) is 1.92. The van der Waals surface area contributed by atoms with Crippen LogP contribution >= 0.6 is 0 Å². The first kappa shape index (κ1) is 15.6. The van der Waals surface area contributed by atoms with Crippen LogP contribution < -0.4 is 10.6 Å². The average Bonchev–Trinajstić information content (AvgIpc) is 2.53. The zero-order valence-corrected chi connectivity index (χ0v) is 12.3. The molecule has 0 spiro atoms. The van der Waals surface area contributed by atoms with E-state index in [-0.39, 0.29) is 23.8 Å². The maximum atomic E-state index is 11.9. The number of nitrogens with one attached hydrogen (secondary N) is 2. The normalized spacial score (nSPS) is 10.0. The molecule has 5 nitrogen and oxygen atoms in total. The van der Waals surface area contributed by atoms with Gasteiger partial charge in [-0.2, -0.15) is 0 Å². The minimum absolute atomic E-state index is 0.114. The molecule has 2 amide bonds. The number of hydrogen-bond acceptors (Lipinski definition) is 3. The SMILES string of the molecule is CCc1ccccc1NC(=O)CNC(=O)c1ccccc1O. The second-order valence-electron chi connectivity index (χ2n) is 4.76. The largest absolute Gasteiger partial charge is 0.507 e. The molecule has 5 heteroatoms. The van der Waals surface area contributed by atoms with Crippen molar-refractivity contribution in [2.45, 2.75) is 13.3 Å². The Kier molecular flexibility index (Phi) is 5.14. The van der Waals surface area contributed by atoms with Crippen LogP contribution in [0, 0.1) is 0 Å². The molecule has 2 aromatic carbocycles. The van der Waals surface area contributed by atoms with Gasteiger partial charge < -0.3 is 15.7 Å². The van der Waals surface area contributed by atoms with Crippen LogP contribution in [0.2, 0.25) is 0 Å². The summed E-state index contributed by atoms with van der Waals surface area (Å²) >= 11 is 0. The number of carbonyl (C=O) groups excluding carboxylic acids is 2. The Balaban J connectivity index is 1.93. The van der Waals surface area contributed by atoms with Crippen LogP contribution in [-0.4, -0.2) is 23.5 Å². The summed E-state index contributed by atoms with van der Waals surface area (Å²) in [7, 11) is 0. The Morgan fingerprint density at radius 2 is 1.73 bits per heavy atom. The first-order valence-corrected chi connectivity index (χ1v) is 7.05. The highest BCUT2D eigenvalue weighted by atomic mass is 16.3. The van der Waals surface area contributed by atoms with Crippen molar-refractivity contribution in [1.29, 1.82) is 0 Å². The van der Waals surface area contributed by atoms with E-state index in [0.29, 0.717) is 0 Å². The van der Waals surface area contributed by atoms with Gasteiger partial charge in [-0.3, -0.25) is 9.59 Å². The molecule has 2 aromatic rings. The Hall–Kier alpha value is -2.82. The predicted molar refractivity (Wildman–Crippen MR) is 84.9 cm³/mol. The lowest BCUT2D eigenvalue weighted by Crippen LogP contribution is -2.33. The molecule has 0 saturated heterocycles. The van der Waals surface area contributed by atoms with E-state index in [1.54, 1.807) is 12.1 Å². The van der Waals surface area contributed by atoms with Gasteiger partial charge in [0, 0.05) is 5.69 Å². The molecule has 0 atom stereocenters. The molecule has 0 radical (unpaired) electrons. The summed E-state index contributed by atoms with van der Waals surface area (Å²) in [5, 5.41) is 14.8. The van der Waals surface area contributed by atoms with Gasteiger partial charge in [0.05, 0.1) is 12.1 Å². The van der Waals surface area contributed by atoms with E-state index in [2.05, 4.69) is 10.6 Å². The first-order chi connectivity index (χ1) is 10.6. The first-order valence-electron chi connectivity index (χ1n) is 7.05. The Morgan fingerprint density at radius 3 is 2.45 bits per heavy atom. The molecule has 0 aliphatic rings. The molecule has 0 aliphatic heterocycles. The maximum Gasteiger partial charge on any atom is 0.255 e. The molecule has 0 saturated carbocycles. The van der Waals surface area contributed by atoms with Crippen molar-refractivity contribution >= 4 is 17.5 Å². The number of rotatable bonds is 5. The van der Waals surface area contributed by atoms with Crippen molar-refractivity contribution < 1.29 is 14.7 Å². The molecule has 0 fully saturated rings. The number of carbonyl (C=O) groups is 2. The molecule has 0 aromatic heterocycles. The number of phenolic OH excluding ortho intramolecular Hbond substituents is 1. The fourth-order valence-electron chi connectivity index (χ4n) is 2.07. The van der Waals surface area contributed by atoms with Crippen LogP contribution in [0.1, 0.15) is 22.8 Å². The maximum absolute atomic E-state index is 11.9. The number of benzene rings is 2. The van der Waals surface area contributed by atoms with Gasteiger partial charge in [-0.05, 0) is 30.2 Å². The van der Waals surface area contributed by atoms with Crippen molar-refractivity contribution in [2.75, 3.05) is 11.9 Å². The van der Waals surface area contributed by atoms with E-state index < -0.39 is 5.91 Å². The quantitative estimate of drug-likeness (QED) is 0.792. The zero-order chi connectivity index (χ0) is 15.9. The summed E-state index contributed by atoms with van der Waals surface area (Å²) in [6.07, 6.45) is 0.806. The van der Waals surface area contributed by atoms with Gasteiger partial charge in [-0.25, -0.2) is 0 Å². The van der Waals surface area contributed by atoms with Crippen LogP contribution in [0.3, 0.4) is 0 Å². The number of aromatic hydroxyl groups is 1. The number of amides is 2. The molecule has 114 valence electrons.